The Bertz CT molecular complexity index is 830. The zero-order valence-corrected chi connectivity index (χ0v) is 16.0. The van der Waals surface area contributed by atoms with Crippen LogP contribution in [0, 0.1) is 6.92 Å². The third kappa shape index (κ3) is 4.49. The number of aryl methyl sites for hydroxylation is 1. The van der Waals surface area contributed by atoms with Gasteiger partial charge in [0, 0.05) is 31.0 Å². The second-order valence-electron chi connectivity index (χ2n) is 6.80. The number of amides is 2. The standard InChI is InChI=1S/C20H26N4O3/c1-14-6-7-18(27-3)16(11-14)22-19(25)12-21-20(26)13-24-10-9-23-8-4-5-17(23)15(24)2/h4-8,11,15H,9-10,12-13H2,1-3H3,(H,21,26)(H,22,25)/t15-/m1/s1. The smallest absolute Gasteiger partial charge is 0.243 e. The molecule has 1 aromatic carbocycles. The molecule has 1 aliphatic rings. The Kier molecular flexibility index (Phi) is 5.81. The molecule has 2 aromatic rings. The van der Waals surface area contributed by atoms with Gasteiger partial charge in [0.25, 0.3) is 0 Å². The van der Waals surface area contributed by atoms with E-state index in [1.54, 1.807) is 13.2 Å². The molecule has 1 aromatic heterocycles. The lowest BCUT2D eigenvalue weighted by Gasteiger charge is -2.34. The molecule has 2 heterocycles. The predicted molar refractivity (Wildman–Crippen MR) is 104 cm³/mol. The Hall–Kier alpha value is -2.80. The Morgan fingerprint density at radius 2 is 2.04 bits per heavy atom. The third-order valence-corrected chi connectivity index (χ3v) is 4.89. The van der Waals surface area contributed by atoms with Crippen LogP contribution in [0.3, 0.4) is 0 Å². The molecule has 2 N–H and O–H groups in total. The molecule has 0 bridgehead atoms. The quantitative estimate of drug-likeness (QED) is 0.815. The van der Waals surface area contributed by atoms with E-state index in [0.717, 1.165) is 18.7 Å². The summed E-state index contributed by atoms with van der Waals surface area (Å²) in [6.45, 7) is 5.90. The Labute approximate surface area is 159 Å². The number of benzene rings is 1. The zero-order chi connectivity index (χ0) is 19.4. The van der Waals surface area contributed by atoms with Crippen molar-refractivity contribution in [3.8, 4) is 5.75 Å². The van der Waals surface area contributed by atoms with Gasteiger partial charge in [-0.2, -0.15) is 0 Å². The second kappa shape index (κ2) is 8.26. The summed E-state index contributed by atoms with van der Waals surface area (Å²) in [4.78, 5) is 26.6. The minimum atomic E-state index is -0.284. The van der Waals surface area contributed by atoms with Crippen LogP contribution in [0.1, 0.15) is 24.2 Å². The number of carbonyl (C=O) groups is 2. The van der Waals surface area contributed by atoms with E-state index in [1.807, 2.05) is 25.1 Å². The number of carbonyl (C=O) groups excluding carboxylic acids is 2. The van der Waals surface area contributed by atoms with E-state index in [9.17, 15) is 9.59 Å². The molecule has 0 radical (unpaired) electrons. The lowest BCUT2D eigenvalue weighted by molar-refractivity contribution is -0.125. The first kappa shape index (κ1) is 19.0. The summed E-state index contributed by atoms with van der Waals surface area (Å²) in [5.41, 5.74) is 2.82. The highest BCUT2D eigenvalue weighted by Gasteiger charge is 2.25. The molecule has 1 atom stereocenters. The monoisotopic (exact) mass is 370 g/mol. The van der Waals surface area contributed by atoms with Crippen molar-refractivity contribution in [3.63, 3.8) is 0 Å². The van der Waals surface area contributed by atoms with Crippen molar-refractivity contribution in [2.45, 2.75) is 26.4 Å². The maximum Gasteiger partial charge on any atom is 0.243 e. The highest BCUT2D eigenvalue weighted by Crippen LogP contribution is 2.25. The van der Waals surface area contributed by atoms with Gasteiger partial charge in [-0.15, -0.1) is 0 Å². The number of hydrogen-bond acceptors (Lipinski definition) is 4. The first-order valence-corrected chi connectivity index (χ1v) is 9.08. The molecule has 3 rings (SSSR count). The number of aromatic nitrogens is 1. The fraction of sp³-hybridized carbons (Fsp3) is 0.400. The van der Waals surface area contributed by atoms with Gasteiger partial charge in [-0.05, 0) is 43.7 Å². The molecule has 0 unspecified atom stereocenters. The lowest BCUT2D eigenvalue weighted by Crippen LogP contribution is -2.44. The number of ether oxygens (including phenoxy) is 1. The summed E-state index contributed by atoms with van der Waals surface area (Å²) in [6.07, 6.45) is 2.06. The van der Waals surface area contributed by atoms with E-state index in [-0.39, 0.29) is 30.9 Å². The molecule has 27 heavy (non-hydrogen) atoms. The average molecular weight is 370 g/mol. The van der Waals surface area contributed by atoms with Crippen LogP contribution in [-0.4, -0.2) is 48.0 Å². The molecule has 144 valence electrons. The van der Waals surface area contributed by atoms with Crippen LogP contribution < -0.4 is 15.4 Å². The van der Waals surface area contributed by atoms with Crippen molar-refractivity contribution in [2.24, 2.45) is 0 Å². The first-order chi connectivity index (χ1) is 13.0. The summed E-state index contributed by atoms with van der Waals surface area (Å²) in [5, 5.41) is 5.48. The second-order valence-corrected chi connectivity index (χ2v) is 6.80. The van der Waals surface area contributed by atoms with Gasteiger partial charge >= 0.3 is 0 Å². The minimum Gasteiger partial charge on any atom is -0.495 e. The van der Waals surface area contributed by atoms with Crippen molar-refractivity contribution in [1.29, 1.82) is 0 Å². The largest absolute Gasteiger partial charge is 0.495 e. The molecule has 2 amide bonds. The summed E-state index contributed by atoms with van der Waals surface area (Å²) in [6, 6.07) is 9.83. The summed E-state index contributed by atoms with van der Waals surface area (Å²) in [5.74, 6) is 0.145. The Morgan fingerprint density at radius 1 is 1.22 bits per heavy atom. The van der Waals surface area contributed by atoms with Gasteiger partial charge in [-0.1, -0.05) is 6.07 Å². The molecular formula is C20H26N4O3. The first-order valence-electron chi connectivity index (χ1n) is 9.08. The van der Waals surface area contributed by atoms with Gasteiger partial charge in [0.15, 0.2) is 0 Å². The van der Waals surface area contributed by atoms with Crippen LogP contribution in [0.4, 0.5) is 5.69 Å². The van der Waals surface area contributed by atoms with E-state index < -0.39 is 0 Å². The topological polar surface area (TPSA) is 75.6 Å². The van der Waals surface area contributed by atoms with Gasteiger partial charge < -0.3 is 19.9 Å². The van der Waals surface area contributed by atoms with Gasteiger partial charge in [-0.25, -0.2) is 0 Å². The van der Waals surface area contributed by atoms with Gasteiger partial charge in [0.2, 0.25) is 11.8 Å². The van der Waals surface area contributed by atoms with E-state index in [2.05, 4.69) is 39.3 Å². The van der Waals surface area contributed by atoms with Crippen LogP contribution in [0.25, 0.3) is 0 Å². The molecule has 0 saturated carbocycles. The van der Waals surface area contributed by atoms with Crippen molar-refractivity contribution in [3.05, 3.63) is 47.8 Å². The molecule has 0 fully saturated rings. The van der Waals surface area contributed by atoms with Crippen LogP contribution in [0.2, 0.25) is 0 Å². The highest BCUT2D eigenvalue weighted by atomic mass is 16.5. The van der Waals surface area contributed by atoms with E-state index >= 15 is 0 Å². The van der Waals surface area contributed by atoms with Gasteiger partial charge in [0.05, 0.1) is 25.9 Å². The van der Waals surface area contributed by atoms with Crippen LogP contribution >= 0.6 is 0 Å². The molecule has 0 saturated heterocycles. The lowest BCUT2D eigenvalue weighted by atomic mass is 10.1. The summed E-state index contributed by atoms with van der Waals surface area (Å²) in [7, 11) is 1.55. The average Bonchev–Trinajstić information content (AvgIpc) is 3.12. The number of hydrogen-bond donors (Lipinski definition) is 2. The number of nitrogens with one attached hydrogen (secondary N) is 2. The zero-order valence-electron chi connectivity index (χ0n) is 16.0. The van der Waals surface area contributed by atoms with Crippen molar-refractivity contribution < 1.29 is 14.3 Å². The van der Waals surface area contributed by atoms with Crippen LogP contribution in [0.5, 0.6) is 5.75 Å². The van der Waals surface area contributed by atoms with Crippen LogP contribution in [0.15, 0.2) is 36.5 Å². The van der Waals surface area contributed by atoms with E-state index in [4.69, 9.17) is 4.74 Å². The van der Waals surface area contributed by atoms with Crippen LogP contribution in [-0.2, 0) is 16.1 Å². The fourth-order valence-corrected chi connectivity index (χ4v) is 3.38. The SMILES string of the molecule is COc1ccc(C)cc1NC(=O)CNC(=O)CN1CCn2cccc2[C@H]1C. The highest BCUT2D eigenvalue weighted by molar-refractivity contribution is 5.96. The third-order valence-electron chi connectivity index (χ3n) is 4.89. The van der Waals surface area contributed by atoms with E-state index in [0.29, 0.717) is 11.4 Å². The van der Waals surface area contributed by atoms with Crippen molar-refractivity contribution in [2.75, 3.05) is 32.1 Å². The van der Waals surface area contributed by atoms with Crippen molar-refractivity contribution >= 4 is 17.5 Å². The molecule has 0 aliphatic carbocycles. The molecule has 0 spiro atoms. The van der Waals surface area contributed by atoms with Crippen molar-refractivity contribution in [1.82, 2.24) is 14.8 Å². The predicted octanol–water partition coefficient (Wildman–Crippen LogP) is 1.94. The number of fused-ring (bicyclic) bond motifs is 1. The number of methoxy groups -OCH3 is 1. The Morgan fingerprint density at radius 3 is 2.81 bits per heavy atom. The Balaban J connectivity index is 1.49. The number of nitrogens with zero attached hydrogens (tertiary/aromatic N) is 2. The molecule has 7 nitrogen and oxygen atoms in total. The minimum absolute atomic E-state index is 0.0749. The normalized spacial score (nSPS) is 16.5. The summed E-state index contributed by atoms with van der Waals surface area (Å²) < 4.78 is 7.46. The van der Waals surface area contributed by atoms with Gasteiger partial charge in [0.1, 0.15) is 5.75 Å². The number of anilines is 1. The number of rotatable bonds is 6. The fourth-order valence-electron chi connectivity index (χ4n) is 3.38. The van der Waals surface area contributed by atoms with Gasteiger partial charge in [-0.3, -0.25) is 14.5 Å². The molecule has 7 heteroatoms. The molecule has 1 aliphatic heterocycles. The maximum atomic E-state index is 12.3. The molecular weight excluding hydrogens is 344 g/mol. The maximum absolute atomic E-state index is 12.3. The summed E-state index contributed by atoms with van der Waals surface area (Å²) >= 11 is 0. The van der Waals surface area contributed by atoms with E-state index in [1.165, 1.54) is 5.69 Å².